The van der Waals surface area contributed by atoms with Gasteiger partial charge in [-0.25, -0.2) is 4.98 Å². The Labute approximate surface area is 200 Å². The summed E-state index contributed by atoms with van der Waals surface area (Å²) in [7, 11) is 1.83. The van der Waals surface area contributed by atoms with Crippen molar-refractivity contribution in [1.29, 1.82) is 0 Å². The van der Waals surface area contributed by atoms with Crippen molar-refractivity contribution in [2.75, 3.05) is 12.8 Å². The molecule has 0 unspecified atom stereocenters. The normalized spacial score (nSPS) is 13.6. The fourth-order valence-electron chi connectivity index (χ4n) is 4.19. The van der Waals surface area contributed by atoms with Gasteiger partial charge in [0.2, 0.25) is 5.91 Å². The molecular weight excluding hydrogens is 454 g/mol. The highest BCUT2D eigenvalue weighted by molar-refractivity contribution is 7.99. The summed E-state index contributed by atoms with van der Waals surface area (Å²) in [6.07, 6.45) is 3.98. The number of aromatic nitrogens is 4. The zero-order chi connectivity index (χ0) is 22.8. The summed E-state index contributed by atoms with van der Waals surface area (Å²) in [5, 5.41) is 9.41. The van der Waals surface area contributed by atoms with E-state index in [4.69, 9.17) is 4.98 Å². The van der Waals surface area contributed by atoms with Crippen LogP contribution in [-0.4, -0.2) is 42.9 Å². The summed E-state index contributed by atoms with van der Waals surface area (Å²) in [4.78, 5) is 32.6. The topological polar surface area (TPSA) is 73.0 Å². The molecule has 3 aliphatic rings. The van der Waals surface area contributed by atoms with Crippen molar-refractivity contribution in [3.05, 3.63) is 68.8 Å². The Morgan fingerprint density at radius 3 is 2.82 bits per heavy atom. The largest absolute Gasteiger partial charge is 0.341 e. The molecule has 3 aliphatic heterocycles. The Hall–Kier alpha value is -2.91. The number of rotatable bonds is 6. The zero-order valence-corrected chi connectivity index (χ0v) is 20.1. The van der Waals surface area contributed by atoms with Crippen molar-refractivity contribution in [1.82, 2.24) is 24.2 Å². The maximum absolute atomic E-state index is 13.3. The number of nitrogens with zero attached hydrogens (tertiary/aromatic N) is 5. The fourth-order valence-corrected chi connectivity index (χ4v) is 5.83. The molecule has 4 heterocycles. The molecule has 170 valence electrons. The summed E-state index contributed by atoms with van der Waals surface area (Å²) in [6.45, 7) is 1.40. The van der Waals surface area contributed by atoms with Crippen LogP contribution in [0.25, 0.3) is 17.1 Å². The molecule has 0 bridgehead atoms. The summed E-state index contributed by atoms with van der Waals surface area (Å²) in [5.74, 6) is 0.802. The third-order valence-corrected chi connectivity index (χ3v) is 7.61. The van der Waals surface area contributed by atoms with Crippen LogP contribution in [0.2, 0.25) is 0 Å². The SMILES string of the molecule is CN(Cc1ccsc1)C(=O)CSc1nc2nn(-c3ccccc3)c(=O)c-2c2n1CCCCC2. The predicted molar refractivity (Wildman–Crippen MR) is 131 cm³/mol. The fraction of sp³-hybridized carbons (Fsp3) is 0.333. The molecule has 33 heavy (non-hydrogen) atoms. The van der Waals surface area contributed by atoms with Gasteiger partial charge in [-0.3, -0.25) is 9.59 Å². The number of thioether (sulfide) groups is 1. The standard InChI is InChI=1S/C24H25N5O2S2/c1-27(14-17-11-13-32-15-17)20(30)16-33-24-25-22-21(19-10-6-3-7-12-28(19)24)23(31)29(26-22)18-8-4-2-5-9-18/h2,4-5,8-9,11,13,15H,3,6-7,10,12,14,16H2,1H3. The Bertz CT molecular complexity index is 1280. The van der Waals surface area contributed by atoms with Gasteiger partial charge in [-0.15, -0.1) is 5.10 Å². The molecule has 9 heteroatoms. The van der Waals surface area contributed by atoms with Gasteiger partial charge in [0.05, 0.1) is 11.4 Å². The lowest BCUT2D eigenvalue weighted by atomic mass is 10.1. The summed E-state index contributed by atoms with van der Waals surface area (Å²) < 4.78 is 3.59. The second kappa shape index (κ2) is 9.52. The third-order valence-electron chi connectivity index (χ3n) is 5.92. The number of thiophene rings is 1. The van der Waals surface area contributed by atoms with E-state index in [1.54, 1.807) is 16.2 Å². The second-order valence-corrected chi connectivity index (χ2v) is 9.95. The molecule has 0 atom stereocenters. The number of carbonyl (C=O) groups is 1. The predicted octanol–water partition coefficient (Wildman–Crippen LogP) is 4.07. The molecule has 7 nitrogen and oxygen atoms in total. The highest BCUT2D eigenvalue weighted by Crippen LogP contribution is 2.30. The van der Waals surface area contributed by atoms with Crippen LogP contribution in [0.3, 0.4) is 0 Å². The highest BCUT2D eigenvalue weighted by Gasteiger charge is 2.27. The summed E-state index contributed by atoms with van der Waals surface area (Å²) in [5.41, 5.74) is 3.33. The van der Waals surface area contributed by atoms with Crippen LogP contribution < -0.4 is 5.56 Å². The number of hydrogen-bond acceptors (Lipinski definition) is 6. The van der Waals surface area contributed by atoms with E-state index in [0.29, 0.717) is 23.7 Å². The molecule has 0 radical (unpaired) electrons. The summed E-state index contributed by atoms with van der Waals surface area (Å²) in [6, 6.07) is 11.5. The Balaban J connectivity index is 1.47. The average Bonchev–Trinajstić information content (AvgIpc) is 3.38. The van der Waals surface area contributed by atoms with E-state index in [9.17, 15) is 9.59 Å². The lowest BCUT2D eigenvalue weighted by Gasteiger charge is -2.19. The van der Waals surface area contributed by atoms with Crippen LogP contribution in [0.1, 0.15) is 30.5 Å². The van der Waals surface area contributed by atoms with Gasteiger partial charge in [0, 0.05) is 25.8 Å². The first-order chi connectivity index (χ1) is 16.1. The van der Waals surface area contributed by atoms with Crippen LogP contribution in [0.5, 0.6) is 0 Å². The number of benzene rings is 1. The third kappa shape index (κ3) is 4.47. The first-order valence-corrected chi connectivity index (χ1v) is 13.0. The van der Waals surface area contributed by atoms with E-state index in [-0.39, 0.29) is 11.5 Å². The molecule has 1 amide bonds. The smallest absolute Gasteiger partial charge is 0.284 e. The van der Waals surface area contributed by atoms with E-state index in [1.807, 2.05) is 48.8 Å². The molecule has 2 aromatic rings. The van der Waals surface area contributed by atoms with E-state index in [2.05, 4.69) is 15.0 Å². The highest BCUT2D eigenvalue weighted by atomic mass is 32.2. The van der Waals surface area contributed by atoms with E-state index >= 15 is 0 Å². The monoisotopic (exact) mass is 479 g/mol. The Morgan fingerprint density at radius 1 is 1.18 bits per heavy atom. The van der Waals surface area contributed by atoms with Crippen molar-refractivity contribution in [2.45, 2.75) is 43.9 Å². The number of amides is 1. The minimum atomic E-state index is -0.127. The molecule has 1 aromatic heterocycles. The van der Waals surface area contributed by atoms with Gasteiger partial charge < -0.3 is 9.47 Å². The number of para-hydroxylation sites is 1. The van der Waals surface area contributed by atoms with Gasteiger partial charge in [-0.1, -0.05) is 36.4 Å². The molecule has 0 saturated carbocycles. The molecule has 5 rings (SSSR count). The van der Waals surface area contributed by atoms with Gasteiger partial charge in [0.1, 0.15) is 5.56 Å². The van der Waals surface area contributed by atoms with Gasteiger partial charge in [0.15, 0.2) is 11.0 Å². The molecular formula is C24H25N5O2S2. The van der Waals surface area contributed by atoms with Crippen LogP contribution >= 0.6 is 23.1 Å². The first-order valence-electron chi connectivity index (χ1n) is 11.1. The number of carbonyl (C=O) groups excluding carboxylic acids is 1. The minimum absolute atomic E-state index is 0.0513. The van der Waals surface area contributed by atoms with Crippen LogP contribution in [0.15, 0.2) is 57.1 Å². The Kier molecular flexibility index (Phi) is 6.32. The lowest BCUT2D eigenvalue weighted by molar-refractivity contribution is -0.127. The molecule has 1 aromatic carbocycles. The maximum Gasteiger partial charge on any atom is 0.284 e. The van der Waals surface area contributed by atoms with E-state index < -0.39 is 0 Å². The molecule has 0 spiro atoms. The van der Waals surface area contributed by atoms with Crippen molar-refractivity contribution >= 4 is 29.0 Å². The van der Waals surface area contributed by atoms with Gasteiger partial charge in [-0.2, -0.15) is 16.0 Å². The number of hydrogen-bond donors (Lipinski definition) is 0. The average molecular weight is 480 g/mol. The van der Waals surface area contributed by atoms with E-state index in [0.717, 1.165) is 54.3 Å². The van der Waals surface area contributed by atoms with Gasteiger partial charge in [-0.05, 0) is 53.8 Å². The Morgan fingerprint density at radius 2 is 2.03 bits per heavy atom. The maximum atomic E-state index is 13.3. The zero-order valence-electron chi connectivity index (χ0n) is 18.4. The van der Waals surface area contributed by atoms with Gasteiger partial charge in [0.25, 0.3) is 5.56 Å². The quantitative estimate of drug-likeness (QED) is 0.308. The van der Waals surface area contributed by atoms with Crippen LogP contribution in [-0.2, 0) is 24.3 Å². The minimum Gasteiger partial charge on any atom is -0.341 e. The molecule has 0 aliphatic carbocycles. The molecule has 0 saturated heterocycles. The lowest BCUT2D eigenvalue weighted by Crippen LogP contribution is -2.28. The van der Waals surface area contributed by atoms with Crippen molar-refractivity contribution in [2.24, 2.45) is 0 Å². The van der Waals surface area contributed by atoms with Crippen molar-refractivity contribution < 1.29 is 4.79 Å². The van der Waals surface area contributed by atoms with E-state index in [1.165, 1.54) is 16.4 Å². The molecule has 0 fully saturated rings. The second-order valence-electron chi connectivity index (χ2n) is 8.22. The van der Waals surface area contributed by atoms with Gasteiger partial charge >= 0.3 is 0 Å². The number of fused-ring (bicyclic) bond motifs is 3. The van der Waals surface area contributed by atoms with Crippen molar-refractivity contribution in [3.8, 4) is 17.1 Å². The van der Waals surface area contributed by atoms with Crippen molar-refractivity contribution in [3.63, 3.8) is 0 Å². The summed E-state index contributed by atoms with van der Waals surface area (Å²) >= 11 is 3.06. The first kappa shape index (κ1) is 21.9. The van der Waals surface area contributed by atoms with Crippen LogP contribution in [0, 0.1) is 0 Å². The van der Waals surface area contributed by atoms with Crippen LogP contribution in [0.4, 0.5) is 0 Å². The molecule has 0 N–H and O–H groups in total.